The standard InChI is InChI=1S/C17H17N9O/c1-24-15-12(9-20-24)16(19-10-18-15)25-4-6-26(7-5-25)17(27)11-2-3-13-14(8-11)22-23-21-13/h2-3,8-10H,4-7H2,1H3,(H,21,22,23). The molecule has 1 N–H and O–H groups in total. The summed E-state index contributed by atoms with van der Waals surface area (Å²) >= 11 is 0. The van der Waals surface area contributed by atoms with E-state index in [9.17, 15) is 4.79 Å². The number of aryl methyl sites for hydroxylation is 1. The minimum Gasteiger partial charge on any atom is -0.352 e. The molecule has 0 unspecified atom stereocenters. The Kier molecular flexibility index (Phi) is 3.49. The molecule has 4 heterocycles. The summed E-state index contributed by atoms with van der Waals surface area (Å²) in [6.07, 6.45) is 3.35. The molecule has 4 aromatic rings. The second kappa shape index (κ2) is 6.01. The molecule has 0 bridgehead atoms. The average Bonchev–Trinajstić information content (AvgIpc) is 3.33. The molecule has 1 fully saturated rings. The molecule has 0 spiro atoms. The predicted molar refractivity (Wildman–Crippen MR) is 98.3 cm³/mol. The van der Waals surface area contributed by atoms with Gasteiger partial charge in [-0.3, -0.25) is 9.48 Å². The van der Waals surface area contributed by atoms with E-state index in [1.165, 1.54) is 0 Å². The van der Waals surface area contributed by atoms with Gasteiger partial charge in [-0.2, -0.15) is 20.5 Å². The van der Waals surface area contributed by atoms with Crippen LogP contribution in [0.2, 0.25) is 0 Å². The van der Waals surface area contributed by atoms with Gasteiger partial charge in [-0.1, -0.05) is 0 Å². The van der Waals surface area contributed by atoms with Gasteiger partial charge < -0.3 is 9.80 Å². The fourth-order valence-corrected chi connectivity index (χ4v) is 3.48. The van der Waals surface area contributed by atoms with E-state index in [1.807, 2.05) is 18.0 Å². The quantitative estimate of drug-likeness (QED) is 0.555. The molecule has 10 nitrogen and oxygen atoms in total. The molecule has 5 rings (SSSR count). The first-order chi connectivity index (χ1) is 13.2. The van der Waals surface area contributed by atoms with Crippen molar-refractivity contribution in [3.63, 3.8) is 0 Å². The maximum absolute atomic E-state index is 12.8. The molecular weight excluding hydrogens is 346 g/mol. The summed E-state index contributed by atoms with van der Waals surface area (Å²) in [4.78, 5) is 25.6. The number of aromatic amines is 1. The molecule has 3 aromatic heterocycles. The van der Waals surface area contributed by atoms with Gasteiger partial charge in [0.1, 0.15) is 23.2 Å². The second-order valence-corrected chi connectivity index (χ2v) is 6.51. The minimum absolute atomic E-state index is 0.00811. The van der Waals surface area contributed by atoms with E-state index in [4.69, 9.17) is 0 Å². The number of H-pyrrole nitrogens is 1. The fraction of sp³-hybridized carbons (Fsp3) is 0.294. The number of anilines is 1. The Labute approximate surface area is 153 Å². The highest BCUT2D eigenvalue weighted by Gasteiger charge is 2.24. The Hall–Kier alpha value is -3.56. The second-order valence-electron chi connectivity index (χ2n) is 6.51. The number of hydrogen-bond donors (Lipinski definition) is 1. The number of carbonyl (C=O) groups is 1. The molecule has 1 aliphatic rings. The zero-order valence-electron chi connectivity index (χ0n) is 14.7. The number of benzene rings is 1. The molecule has 0 radical (unpaired) electrons. The monoisotopic (exact) mass is 363 g/mol. The molecule has 0 saturated carbocycles. The van der Waals surface area contributed by atoms with E-state index < -0.39 is 0 Å². The Morgan fingerprint density at radius 2 is 1.89 bits per heavy atom. The van der Waals surface area contributed by atoms with Crippen LogP contribution in [0.25, 0.3) is 22.1 Å². The van der Waals surface area contributed by atoms with E-state index >= 15 is 0 Å². The maximum atomic E-state index is 12.8. The largest absolute Gasteiger partial charge is 0.352 e. The van der Waals surface area contributed by atoms with Crippen molar-refractivity contribution in [3.05, 3.63) is 36.3 Å². The van der Waals surface area contributed by atoms with Crippen molar-refractivity contribution in [1.29, 1.82) is 0 Å². The number of amides is 1. The Morgan fingerprint density at radius 3 is 2.74 bits per heavy atom. The molecule has 27 heavy (non-hydrogen) atoms. The zero-order chi connectivity index (χ0) is 18.4. The summed E-state index contributed by atoms with van der Waals surface area (Å²) in [5.74, 6) is 0.873. The molecular formula is C17H17N9O. The number of fused-ring (bicyclic) bond motifs is 2. The van der Waals surface area contributed by atoms with Gasteiger partial charge >= 0.3 is 0 Å². The topological polar surface area (TPSA) is 109 Å². The lowest BCUT2D eigenvalue weighted by molar-refractivity contribution is 0.0747. The summed E-state index contributed by atoms with van der Waals surface area (Å²) in [6.45, 7) is 2.67. The zero-order valence-corrected chi connectivity index (χ0v) is 14.7. The Morgan fingerprint density at radius 1 is 1.07 bits per heavy atom. The van der Waals surface area contributed by atoms with Crippen molar-refractivity contribution >= 4 is 33.8 Å². The van der Waals surface area contributed by atoms with E-state index in [0.29, 0.717) is 37.3 Å². The van der Waals surface area contributed by atoms with Crippen molar-refractivity contribution < 1.29 is 4.79 Å². The third kappa shape index (κ3) is 2.57. The average molecular weight is 363 g/mol. The van der Waals surface area contributed by atoms with Gasteiger partial charge in [0.25, 0.3) is 5.91 Å². The molecule has 0 atom stereocenters. The number of rotatable bonds is 2. The summed E-state index contributed by atoms with van der Waals surface area (Å²) in [5.41, 5.74) is 2.88. The van der Waals surface area contributed by atoms with Gasteiger partial charge in [0.15, 0.2) is 5.65 Å². The third-order valence-corrected chi connectivity index (χ3v) is 4.94. The fourth-order valence-electron chi connectivity index (χ4n) is 3.48. The van der Waals surface area contributed by atoms with Crippen LogP contribution < -0.4 is 4.90 Å². The Balaban J connectivity index is 1.34. The van der Waals surface area contributed by atoms with Gasteiger partial charge in [-0.25, -0.2) is 9.97 Å². The van der Waals surface area contributed by atoms with Crippen molar-refractivity contribution in [2.45, 2.75) is 0 Å². The highest BCUT2D eigenvalue weighted by Crippen LogP contribution is 2.23. The van der Waals surface area contributed by atoms with Crippen molar-refractivity contribution in [2.24, 2.45) is 7.05 Å². The third-order valence-electron chi connectivity index (χ3n) is 4.94. The van der Waals surface area contributed by atoms with Gasteiger partial charge in [-0.15, -0.1) is 0 Å². The summed E-state index contributed by atoms with van der Waals surface area (Å²) < 4.78 is 1.74. The van der Waals surface area contributed by atoms with Crippen LogP contribution in [0.5, 0.6) is 0 Å². The van der Waals surface area contributed by atoms with Gasteiger partial charge in [-0.05, 0) is 18.2 Å². The van der Waals surface area contributed by atoms with Gasteiger partial charge in [0, 0.05) is 38.8 Å². The summed E-state index contributed by atoms with van der Waals surface area (Å²) in [7, 11) is 1.86. The van der Waals surface area contributed by atoms with E-state index in [2.05, 4.69) is 35.4 Å². The van der Waals surface area contributed by atoms with Crippen LogP contribution in [0.15, 0.2) is 30.7 Å². The lowest BCUT2D eigenvalue weighted by Crippen LogP contribution is -2.49. The van der Waals surface area contributed by atoms with Crippen molar-refractivity contribution in [2.75, 3.05) is 31.1 Å². The molecule has 136 valence electrons. The van der Waals surface area contributed by atoms with Crippen LogP contribution in [-0.4, -0.2) is 72.1 Å². The summed E-state index contributed by atoms with van der Waals surface area (Å²) in [6, 6.07) is 5.38. The van der Waals surface area contributed by atoms with Crippen LogP contribution >= 0.6 is 0 Å². The van der Waals surface area contributed by atoms with Crippen LogP contribution in [0, 0.1) is 0 Å². The molecule has 1 aromatic carbocycles. The first-order valence-electron chi connectivity index (χ1n) is 8.68. The van der Waals surface area contributed by atoms with Crippen LogP contribution in [0.4, 0.5) is 5.82 Å². The maximum Gasteiger partial charge on any atom is 0.254 e. The minimum atomic E-state index is 0.00811. The number of nitrogens with zero attached hydrogens (tertiary/aromatic N) is 8. The van der Waals surface area contributed by atoms with Crippen LogP contribution in [0.3, 0.4) is 0 Å². The van der Waals surface area contributed by atoms with Crippen molar-refractivity contribution in [3.8, 4) is 0 Å². The lowest BCUT2D eigenvalue weighted by atomic mass is 10.1. The molecule has 1 aliphatic heterocycles. The first kappa shape index (κ1) is 15.7. The predicted octanol–water partition coefficient (Wildman–Crippen LogP) is 0.597. The van der Waals surface area contributed by atoms with E-state index in [0.717, 1.165) is 22.4 Å². The summed E-state index contributed by atoms with van der Waals surface area (Å²) in [5, 5.41) is 15.8. The first-order valence-corrected chi connectivity index (χ1v) is 8.68. The molecule has 0 aliphatic carbocycles. The van der Waals surface area contributed by atoms with Crippen LogP contribution in [0.1, 0.15) is 10.4 Å². The number of carbonyl (C=O) groups excluding carboxylic acids is 1. The SMILES string of the molecule is Cn1ncc2c(N3CCN(C(=O)c4ccc5n[nH]nc5c4)CC3)ncnc21. The molecule has 1 amide bonds. The van der Waals surface area contributed by atoms with E-state index in [1.54, 1.807) is 29.3 Å². The number of aromatic nitrogens is 7. The van der Waals surface area contributed by atoms with Gasteiger partial charge in [0.2, 0.25) is 0 Å². The van der Waals surface area contributed by atoms with E-state index in [-0.39, 0.29) is 5.91 Å². The number of hydrogen-bond acceptors (Lipinski definition) is 7. The lowest BCUT2D eigenvalue weighted by Gasteiger charge is -2.35. The highest BCUT2D eigenvalue weighted by atomic mass is 16.2. The van der Waals surface area contributed by atoms with Crippen LogP contribution in [-0.2, 0) is 7.05 Å². The number of nitrogens with one attached hydrogen (secondary N) is 1. The normalized spacial score (nSPS) is 15.0. The molecule has 10 heteroatoms. The number of piperazine rings is 1. The Bertz CT molecular complexity index is 1140. The molecule has 1 saturated heterocycles. The van der Waals surface area contributed by atoms with Crippen molar-refractivity contribution in [1.82, 2.24) is 40.1 Å². The van der Waals surface area contributed by atoms with Gasteiger partial charge in [0.05, 0.1) is 11.6 Å². The highest BCUT2D eigenvalue weighted by molar-refractivity contribution is 5.97. The smallest absolute Gasteiger partial charge is 0.254 e.